The zero-order valence-corrected chi connectivity index (χ0v) is 36.2. The molecule has 1 aliphatic carbocycles. The molecule has 0 saturated carbocycles. The Balaban J connectivity index is 0.952. The molecule has 0 unspecified atom stereocenters. The molecule has 13 rings (SSSR count). The lowest BCUT2D eigenvalue weighted by Crippen LogP contribution is -2.14. The van der Waals surface area contributed by atoms with Crippen molar-refractivity contribution in [2.24, 2.45) is 0 Å². The van der Waals surface area contributed by atoms with Gasteiger partial charge in [-0.1, -0.05) is 136 Å². The van der Waals surface area contributed by atoms with Crippen LogP contribution in [0.3, 0.4) is 0 Å². The van der Waals surface area contributed by atoms with Gasteiger partial charge in [-0.25, -0.2) is 0 Å². The Hall–Kier alpha value is -7.46. The van der Waals surface area contributed by atoms with E-state index >= 15 is 0 Å². The van der Waals surface area contributed by atoms with Crippen LogP contribution >= 0.6 is 11.3 Å². The summed E-state index contributed by atoms with van der Waals surface area (Å²) in [5.74, 6) is 0. The smallest absolute Gasteiger partial charge is 0.0554 e. The van der Waals surface area contributed by atoms with Crippen molar-refractivity contribution in [2.45, 2.75) is 26.2 Å². The van der Waals surface area contributed by atoms with E-state index in [9.17, 15) is 0 Å². The van der Waals surface area contributed by atoms with Crippen molar-refractivity contribution >= 4 is 91.9 Å². The number of thiophene rings is 1. The predicted molar refractivity (Wildman–Crippen MR) is 272 cm³/mol. The number of hydrogen-bond acceptors (Lipinski definition) is 2. The Bertz CT molecular complexity index is 3770. The fourth-order valence-electron chi connectivity index (χ4n) is 10.3. The number of hydrogen-bond donors (Lipinski definition) is 0. The number of aromatic nitrogens is 1. The summed E-state index contributed by atoms with van der Waals surface area (Å²) in [5.41, 5.74) is 16.2. The van der Waals surface area contributed by atoms with E-state index in [0.29, 0.717) is 0 Å². The normalized spacial score (nSPS) is 12.4. The van der Waals surface area contributed by atoms with E-state index in [0.717, 1.165) is 11.4 Å². The lowest BCUT2D eigenvalue weighted by Gasteiger charge is -2.30. The van der Waals surface area contributed by atoms with E-state index in [1.54, 1.807) is 0 Å². The molecule has 0 fully saturated rings. The van der Waals surface area contributed by atoms with Crippen molar-refractivity contribution in [2.75, 3.05) is 4.90 Å². The van der Waals surface area contributed by atoms with Gasteiger partial charge in [-0.05, 0) is 145 Å². The lowest BCUT2D eigenvalue weighted by molar-refractivity contribution is 0.590. The molecule has 0 amide bonds. The highest BCUT2D eigenvalue weighted by Crippen LogP contribution is 2.52. The van der Waals surface area contributed by atoms with Crippen molar-refractivity contribution in [1.82, 2.24) is 4.57 Å². The summed E-state index contributed by atoms with van der Waals surface area (Å²) < 4.78 is 5.03. The molecule has 0 aliphatic heterocycles. The van der Waals surface area contributed by atoms with Gasteiger partial charge in [-0.2, -0.15) is 0 Å². The maximum absolute atomic E-state index is 2.48. The summed E-state index contributed by atoms with van der Waals surface area (Å²) in [6.45, 7) is 6.85. The zero-order valence-electron chi connectivity index (χ0n) is 35.4. The molecule has 2 aromatic heterocycles. The zero-order chi connectivity index (χ0) is 42.0. The van der Waals surface area contributed by atoms with Crippen LogP contribution in [0.15, 0.2) is 200 Å². The fraction of sp³-hybridized carbons (Fsp3) is 0.0667. The monoisotopic (exact) mass is 822 g/mol. The first-order valence-electron chi connectivity index (χ1n) is 21.9. The second-order valence-electron chi connectivity index (χ2n) is 18.2. The van der Waals surface area contributed by atoms with Gasteiger partial charge >= 0.3 is 0 Å². The van der Waals surface area contributed by atoms with Gasteiger partial charge in [0.15, 0.2) is 0 Å². The van der Waals surface area contributed by atoms with E-state index < -0.39 is 0 Å². The van der Waals surface area contributed by atoms with Gasteiger partial charge in [0.1, 0.15) is 0 Å². The first kappa shape index (κ1) is 36.2. The van der Waals surface area contributed by atoms with Crippen molar-refractivity contribution in [3.05, 3.63) is 206 Å². The van der Waals surface area contributed by atoms with Crippen LogP contribution < -0.4 is 4.90 Å². The summed E-state index contributed by atoms with van der Waals surface area (Å²) in [6.07, 6.45) is 0. The number of anilines is 3. The van der Waals surface area contributed by atoms with Crippen LogP contribution in [0, 0.1) is 0 Å². The summed E-state index contributed by atoms with van der Waals surface area (Å²) in [4.78, 5) is 2.48. The molecule has 2 nitrogen and oxygen atoms in total. The van der Waals surface area contributed by atoms with E-state index in [1.807, 2.05) is 11.3 Å². The van der Waals surface area contributed by atoms with Gasteiger partial charge in [0.05, 0.1) is 16.7 Å². The maximum atomic E-state index is 2.48. The highest BCUT2D eigenvalue weighted by molar-refractivity contribution is 7.26. The number of rotatable bonds is 5. The fourth-order valence-corrected chi connectivity index (χ4v) is 11.5. The summed E-state index contributed by atoms with van der Waals surface area (Å²) in [5, 5.41) is 10.2. The van der Waals surface area contributed by atoms with Crippen LogP contribution in [0.2, 0.25) is 0 Å². The molecule has 2 heterocycles. The average molecular weight is 823 g/mol. The molecule has 63 heavy (non-hydrogen) atoms. The van der Waals surface area contributed by atoms with Gasteiger partial charge in [0, 0.05) is 53.6 Å². The quantitative estimate of drug-likeness (QED) is 0.168. The highest BCUT2D eigenvalue weighted by Gasteiger charge is 2.26. The van der Waals surface area contributed by atoms with Gasteiger partial charge in [-0.15, -0.1) is 11.3 Å². The minimum absolute atomic E-state index is 0.0512. The highest BCUT2D eigenvalue weighted by atomic mass is 32.1. The van der Waals surface area contributed by atoms with Crippen LogP contribution in [0.5, 0.6) is 0 Å². The summed E-state index contributed by atoms with van der Waals surface area (Å²) >= 11 is 1.89. The molecule has 12 aromatic rings. The molecule has 3 heteroatoms. The molecule has 0 radical (unpaired) electrons. The molecule has 0 saturated heterocycles. The number of benzene rings is 10. The molecule has 298 valence electrons. The molecule has 0 N–H and O–H groups in total. The first-order valence-corrected chi connectivity index (χ1v) is 22.7. The molecule has 0 spiro atoms. The third-order valence-corrected chi connectivity index (χ3v) is 14.6. The number of fused-ring (bicyclic) bond motifs is 12. The Labute approximate surface area is 370 Å². The van der Waals surface area contributed by atoms with Crippen molar-refractivity contribution in [1.29, 1.82) is 0 Å². The Kier molecular flexibility index (Phi) is 7.77. The summed E-state index contributed by atoms with van der Waals surface area (Å²) in [7, 11) is 0. The van der Waals surface area contributed by atoms with Crippen LogP contribution in [0.25, 0.3) is 103 Å². The van der Waals surface area contributed by atoms with Crippen LogP contribution in [-0.4, -0.2) is 4.57 Å². The third-order valence-electron chi connectivity index (χ3n) is 13.4. The van der Waals surface area contributed by atoms with E-state index in [2.05, 4.69) is 230 Å². The largest absolute Gasteiger partial charge is 0.310 e. The topological polar surface area (TPSA) is 8.17 Å². The standard InChI is InChI=1S/C60H42N2S/c1-60(2,3)42-23-27-43(28-24-42)61(56-30-29-49-48-17-9-12-20-57(48)63-59(49)58(56)37-13-5-4-6-14-37)44-25-21-38-33-50-52(35-40(38)31-44)51-34-39-22-26-45(32-41(39)36-53(50)51)62-54-18-10-7-15-46(54)47-16-8-11-19-55(47)62/h4-36H,1-3H3. The van der Waals surface area contributed by atoms with E-state index in [1.165, 1.54) is 114 Å². The SMILES string of the molecule is CC(C)(C)c1ccc(N(c2ccc3cc4c(cc3c2)-c2cc3ccc(-n5c6ccccc6c6ccccc65)cc3cc2-4)c2ccc3c(sc4ccccc43)c2-c2ccccc2)cc1. The molecule has 0 bridgehead atoms. The lowest BCUT2D eigenvalue weighted by atomic mass is 9.78. The van der Waals surface area contributed by atoms with Crippen molar-refractivity contribution in [3.8, 4) is 39.1 Å². The average Bonchev–Trinajstić information content (AvgIpc) is 3.86. The van der Waals surface area contributed by atoms with Gasteiger partial charge in [-0.3, -0.25) is 0 Å². The summed E-state index contributed by atoms with van der Waals surface area (Å²) in [6, 6.07) is 74.8. The minimum Gasteiger partial charge on any atom is -0.310 e. The van der Waals surface area contributed by atoms with Crippen LogP contribution in [0.1, 0.15) is 26.3 Å². The van der Waals surface area contributed by atoms with E-state index in [-0.39, 0.29) is 5.41 Å². The Morgan fingerprint density at radius 1 is 0.429 bits per heavy atom. The van der Waals surface area contributed by atoms with Gasteiger partial charge in [0.25, 0.3) is 0 Å². The van der Waals surface area contributed by atoms with Crippen molar-refractivity contribution in [3.63, 3.8) is 0 Å². The molecular formula is C60H42N2S. The Morgan fingerprint density at radius 2 is 0.984 bits per heavy atom. The maximum Gasteiger partial charge on any atom is 0.0554 e. The molecule has 10 aromatic carbocycles. The van der Waals surface area contributed by atoms with Crippen molar-refractivity contribution < 1.29 is 0 Å². The van der Waals surface area contributed by atoms with Crippen LogP contribution in [0.4, 0.5) is 17.1 Å². The Morgan fingerprint density at radius 3 is 1.65 bits per heavy atom. The number of nitrogens with zero attached hydrogens (tertiary/aromatic N) is 2. The third kappa shape index (κ3) is 5.56. The second kappa shape index (κ2) is 13.5. The van der Waals surface area contributed by atoms with Gasteiger partial charge < -0.3 is 9.47 Å². The molecule has 0 atom stereocenters. The van der Waals surface area contributed by atoms with E-state index in [4.69, 9.17) is 0 Å². The second-order valence-corrected chi connectivity index (χ2v) is 19.2. The first-order chi connectivity index (χ1) is 30.9. The number of para-hydroxylation sites is 2. The minimum atomic E-state index is 0.0512. The predicted octanol–water partition coefficient (Wildman–Crippen LogP) is 17.5. The van der Waals surface area contributed by atoms with Crippen LogP contribution in [-0.2, 0) is 5.41 Å². The molecular weight excluding hydrogens is 781 g/mol. The van der Waals surface area contributed by atoms with Gasteiger partial charge in [0.2, 0.25) is 0 Å². The molecule has 1 aliphatic rings.